The van der Waals surface area contributed by atoms with Gasteiger partial charge in [0.2, 0.25) is 0 Å². The van der Waals surface area contributed by atoms with Gasteiger partial charge >= 0.3 is 0 Å². The summed E-state index contributed by atoms with van der Waals surface area (Å²) in [5.74, 6) is 0. The van der Waals surface area contributed by atoms with E-state index in [1.165, 1.54) is 22.9 Å². The van der Waals surface area contributed by atoms with Crippen LogP contribution in [0, 0.1) is 0 Å². The second kappa shape index (κ2) is 5.82. The van der Waals surface area contributed by atoms with Crippen molar-refractivity contribution >= 4 is 60.1 Å². The maximum atomic E-state index is 3.66. The first kappa shape index (κ1) is 14.0. The monoisotopic (exact) mass is 417 g/mol. The van der Waals surface area contributed by atoms with Crippen molar-refractivity contribution in [2.75, 3.05) is 0 Å². The molecule has 19 heavy (non-hydrogen) atoms. The van der Waals surface area contributed by atoms with Crippen molar-refractivity contribution in [3.8, 4) is 0 Å². The van der Waals surface area contributed by atoms with Crippen LogP contribution >= 0.6 is 54.5 Å². The van der Waals surface area contributed by atoms with Crippen LogP contribution in [0.5, 0.6) is 0 Å². The quantitative estimate of drug-likeness (QED) is 0.710. The van der Waals surface area contributed by atoms with Crippen molar-refractivity contribution < 1.29 is 0 Å². The first-order valence-corrected chi connectivity index (χ1v) is 9.31. The zero-order chi connectivity index (χ0) is 13.4. The summed E-state index contributed by atoms with van der Waals surface area (Å²) < 4.78 is 2.40. The van der Waals surface area contributed by atoms with Gasteiger partial charge in [-0.25, -0.2) is 0 Å². The first-order valence-electron chi connectivity index (χ1n) is 6.09. The van der Waals surface area contributed by atoms with Crippen LogP contribution < -0.4 is 5.32 Å². The van der Waals surface area contributed by atoms with E-state index < -0.39 is 0 Å². The molecule has 3 heterocycles. The van der Waals surface area contributed by atoms with Crippen molar-refractivity contribution in [1.29, 1.82) is 0 Å². The highest BCUT2D eigenvalue weighted by Gasteiger charge is 2.25. The Morgan fingerprint density at radius 1 is 1.11 bits per heavy atom. The van der Waals surface area contributed by atoms with Gasteiger partial charge in [-0.2, -0.15) is 0 Å². The van der Waals surface area contributed by atoms with Crippen LogP contribution in [0.25, 0.3) is 5.57 Å². The van der Waals surface area contributed by atoms with Crippen LogP contribution in [0.4, 0.5) is 0 Å². The second-order valence-electron chi connectivity index (χ2n) is 4.64. The molecule has 1 aliphatic heterocycles. The van der Waals surface area contributed by atoms with Crippen molar-refractivity contribution in [3.05, 3.63) is 47.7 Å². The van der Waals surface area contributed by atoms with E-state index in [0.717, 1.165) is 6.42 Å². The number of thiophene rings is 2. The molecular formula is C14H13Br2NS2. The maximum absolute atomic E-state index is 3.66. The van der Waals surface area contributed by atoms with E-state index in [1.807, 2.05) is 22.7 Å². The molecule has 5 heteroatoms. The molecule has 0 aliphatic carbocycles. The fourth-order valence-corrected chi connectivity index (χ4v) is 5.39. The van der Waals surface area contributed by atoms with Crippen LogP contribution in [0.1, 0.15) is 16.7 Å². The van der Waals surface area contributed by atoms with E-state index in [0.29, 0.717) is 12.1 Å². The summed E-state index contributed by atoms with van der Waals surface area (Å²) in [5.41, 5.74) is 1.44. The Balaban J connectivity index is 1.83. The molecule has 0 fully saturated rings. The molecule has 0 amide bonds. The second-order valence-corrected chi connectivity index (χ2v) is 9.65. The minimum absolute atomic E-state index is 0.422. The van der Waals surface area contributed by atoms with Crippen molar-refractivity contribution in [3.63, 3.8) is 0 Å². The molecule has 3 rings (SSSR count). The maximum Gasteiger partial charge on any atom is 0.0704 e. The summed E-state index contributed by atoms with van der Waals surface area (Å²) in [4.78, 5) is 2.78. The largest absolute Gasteiger partial charge is 0.304 e. The molecule has 1 aliphatic rings. The van der Waals surface area contributed by atoms with E-state index in [-0.39, 0.29) is 0 Å². The summed E-state index contributed by atoms with van der Waals surface area (Å²) >= 11 is 10.7. The molecular weight excluding hydrogens is 406 g/mol. The average Bonchev–Trinajstić information content (AvgIpc) is 3.02. The fraction of sp³-hybridized carbons (Fsp3) is 0.286. The van der Waals surface area contributed by atoms with Crippen molar-refractivity contribution in [2.45, 2.75) is 25.4 Å². The predicted octanol–water partition coefficient (Wildman–Crippen LogP) is 5.32. The molecule has 2 aromatic heterocycles. The Morgan fingerprint density at radius 2 is 1.84 bits per heavy atom. The molecule has 1 N–H and O–H groups in total. The minimum Gasteiger partial charge on any atom is -0.304 e. The summed E-state index contributed by atoms with van der Waals surface area (Å²) in [6, 6.07) is 9.54. The molecule has 0 radical (unpaired) electrons. The highest BCUT2D eigenvalue weighted by Crippen LogP contribution is 2.35. The molecule has 100 valence electrons. The Bertz CT molecular complexity index is 614. The lowest BCUT2D eigenvalue weighted by Crippen LogP contribution is -2.31. The van der Waals surface area contributed by atoms with E-state index in [2.05, 4.69) is 74.4 Å². The Labute approximate surface area is 138 Å². The van der Waals surface area contributed by atoms with Crippen LogP contribution in [-0.2, 0) is 6.42 Å². The summed E-state index contributed by atoms with van der Waals surface area (Å²) in [6.45, 7) is 2.22. The van der Waals surface area contributed by atoms with Gasteiger partial charge in [-0.05, 0) is 68.6 Å². The molecule has 0 saturated carbocycles. The number of hydrogen-bond acceptors (Lipinski definition) is 3. The number of nitrogens with one attached hydrogen (secondary N) is 1. The normalized spacial score (nSPS) is 22.8. The molecule has 2 unspecified atom stereocenters. The summed E-state index contributed by atoms with van der Waals surface area (Å²) in [7, 11) is 0. The van der Waals surface area contributed by atoms with Crippen LogP contribution in [-0.4, -0.2) is 12.1 Å². The van der Waals surface area contributed by atoms with E-state index in [1.54, 1.807) is 0 Å². The lowest BCUT2D eigenvalue weighted by molar-refractivity contribution is 0.600. The average molecular weight is 419 g/mol. The summed E-state index contributed by atoms with van der Waals surface area (Å²) in [5, 5.41) is 3.66. The Hall–Kier alpha value is 0.0600. The van der Waals surface area contributed by atoms with Gasteiger partial charge in [-0.1, -0.05) is 6.08 Å². The smallest absolute Gasteiger partial charge is 0.0704 e. The van der Waals surface area contributed by atoms with Crippen LogP contribution in [0.15, 0.2) is 37.9 Å². The highest BCUT2D eigenvalue weighted by atomic mass is 79.9. The molecule has 2 atom stereocenters. The van der Waals surface area contributed by atoms with Gasteiger partial charge < -0.3 is 5.32 Å². The van der Waals surface area contributed by atoms with Crippen molar-refractivity contribution in [1.82, 2.24) is 5.32 Å². The fourth-order valence-electron chi connectivity index (χ4n) is 2.40. The highest BCUT2D eigenvalue weighted by molar-refractivity contribution is 9.11. The third-order valence-corrected chi connectivity index (χ3v) is 6.48. The zero-order valence-corrected chi connectivity index (χ0v) is 15.1. The minimum atomic E-state index is 0.422. The topological polar surface area (TPSA) is 12.0 Å². The van der Waals surface area contributed by atoms with Gasteiger partial charge in [0.15, 0.2) is 0 Å². The van der Waals surface area contributed by atoms with Crippen LogP contribution in [0.2, 0.25) is 0 Å². The molecule has 0 spiro atoms. The van der Waals surface area contributed by atoms with Gasteiger partial charge in [0.25, 0.3) is 0 Å². The molecule has 0 aromatic carbocycles. The van der Waals surface area contributed by atoms with Gasteiger partial charge in [0.05, 0.1) is 7.57 Å². The third-order valence-electron chi connectivity index (χ3n) is 3.16. The zero-order valence-electron chi connectivity index (χ0n) is 10.3. The number of rotatable bonds is 3. The molecule has 0 saturated heterocycles. The van der Waals surface area contributed by atoms with Crippen LogP contribution in [0.3, 0.4) is 0 Å². The first-order chi connectivity index (χ1) is 9.11. The molecule has 1 nitrogen and oxygen atoms in total. The van der Waals surface area contributed by atoms with Gasteiger partial charge in [0, 0.05) is 28.3 Å². The molecule has 0 bridgehead atoms. The van der Waals surface area contributed by atoms with E-state index >= 15 is 0 Å². The van der Waals surface area contributed by atoms with Gasteiger partial charge in [0.1, 0.15) is 0 Å². The SMILES string of the molecule is CC1C=C(c2ccc(Br)s2)C(Cc2ccc(Br)s2)N1. The lowest BCUT2D eigenvalue weighted by atomic mass is 10.0. The van der Waals surface area contributed by atoms with Gasteiger partial charge in [-0.3, -0.25) is 0 Å². The van der Waals surface area contributed by atoms with Crippen molar-refractivity contribution in [2.24, 2.45) is 0 Å². The molecule has 2 aromatic rings. The predicted molar refractivity (Wildman–Crippen MR) is 92.1 cm³/mol. The number of hydrogen-bond donors (Lipinski definition) is 1. The Morgan fingerprint density at radius 3 is 2.47 bits per heavy atom. The summed E-state index contributed by atoms with van der Waals surface area (Å²) in [6.07, 6.45) is 3.41. The number of halogens is 2. The standard InChI is InChI=1S/C14H13Br2NS2/c1-8-6-10(12-3-5-14(16)19-12)11(17-8)7-9-2-4-13(15)18-9/h2-6,8,11,17H,7H2,1H3. The lowest BCUT2D eigenvalue weighted by Gasteiger charge is -2.15. The van der Waals surface area contributed by atoms with E-state index in [4.69, 9.17) is 0 Å². The Kier molecular flexibility index (Phi) is 4.29. The third kappa shape index (κ3) is 3.22. The van der Waals surface area contributed by atoms with E-state index in [9.17, 15) is 0 Å². The van der Waals surface area contributed by atoms with Gasteiger partial charge in [-0.15, -0.1) is 22.7 Å².